The van der Waals surface area contributed by atoms with E-state index < -0.39 is 5.91 Å². The predicted molar refractivity (Wildman–Crippen MR) is 124 cm³/mol. The normalized spacial score (nSPS) is 11.1. The second-order valence-corrected chi connectivity index (χ2v) is 7.61. The Morgan fingerprint density at radius 2 is 1.91 bits per heavy atom. The summed E-state index contributed by atoms with van der Waals surface area (Å²) in [6.07, 6.45) is 1.35. The Hall–Kier alpha value is -3.96. The number of rotatable bonds is 7. The molecule has 0 atom stereocenters. The molecule has 13 heteroatoms. The number of hydrogen-bond acceptors (Lipinski definition) is 9. The fourth-order valence-corrected chi connectivity index (χ4v) is 3.46. The van der Waals surface area contributed by atoms with Gasteiger partial charge in [-0.25, -0.2) is 10.1 Å². The van der Waals surface area contributed by atoms with E-state index in [2.05, 4.69) is 35.8 Å². The molecule has 4 aromatic rings. The Labute approximate surface area is 197 Å². The Morgan fingerprint density at radius 3 is 2.58 bits per heavy atom. The molecule has 0 bridgehead atoms. The van der Waals surface area contributed by atoms with Gasteiger partial charge in [-0.2, -0.15) is 9.78 Å². The van der Waals surface area contributed by atoms with Crippen LogP contribution in [0, 0.1) is 0 Å². The molecule has 0 spiro atoms. The lowest BCUT2D eigenvalue weighted by molar-refractivity contribution is 0.0949. The van der Waals surface area contributed by atoms with E-state index in [9.17, 15) is 4.79 Å². The maximum Gasteiger partial charge on any atom is 0.293 e. The van der Waals surface area contributed by atoms with Gasteiger partial charge < -0.3 is 10.6 Å². The first kappa shape index (κ1) is 22.2. The number of carbonyl (C=O) groups excluding carboxylic acids is 1. The van der Waals surface area contributed by atoms with Crippen molar-refractivity contribution in [2.45, 2.75) is 6.54 Å². The molecule has 2 aromatic heterocycles. The number of carbonyl (C=O) groups is 1. The molecule has 0 radical (unpaired) electrons. The van der Waals surface area contributed by atoms with Crippen LogP contribution in [-0.2, 0) is 6.54 Å². The van der Waals surface area contributed by atoms with Crippen LogP contribution in [0.4, 0.5) is 11.5 Å². The van der Waals surface area contributed by atoms with Crippen LogP contribution in [0.1, 0.15) is 21.7 Å². The van der Waals surface area contributed by atoms with Gasteiger partial charge in [0.05, 0.1) is 28.5 Å². The average molecular weight is 486 g/mol. The van der Waals surface area contributed by atoms with Gasteiger partial charge in [-0.3, -0.25) is 4.79 Å². The Bertz CT molecular complexity index is 1280. The first-order valence-corrected chi connectivity index (χ1v) is 10.3. The van der Waals surface area contributed by atoms with Gasteiger partial charge in [0.1, 0.15) is 0 Å². The van der Waals surface area contributed by atoms with Crippen molar-refractivity contribution in [3.8, 4) is 5.82 Å². The molecule has 11 nitrogen and oxygen atoms in total. The molecule has 0 aliphatic carbocycles. The summed E-state index contributed by atoms with van der Waals surface area (Å²) >= 11 is 12.2. The standard InChI is InChI=1S/C20H17Cl2N9O2/c1-30(12-6-3-2-4-7-12)11-16-17(25-29-31(16)19-18(23)27-33-28-19)20(32)26-24-10-13-14(21)8-5-9-15(13)22/h2-10H,11H2,1H3,(H2,23,27)(H,26,32)/b24-10+. The Kier molecular flexibility index (Phi) is 6.52. The lowest BCUT2D eigenvalue weighted by Crippen LogP contribution is -2.24. The lowest BCUT2D eigenvalue weighted by atomic mass is 10.2. The summed E-state index contributed by atoms with van der Waals surface area (Å²) < 4.78 is 5.97. The summed E-state index contributed by atoms with van der Waals surface area (Å²) in [5.74, 6) is -0.488. The minimum absolute atomic E-state index is 0.00172. The third-order valence-electron chi connectivity index (χ3n) is 4.62. The van der Waals surface area contributed by atoms with Crippen molar-refractivity contribution >= 4 is 46.8 Å². The molecular weight excluding hydrogens is 469 g/mol. The summed E-state index contributed by atoms with van der Waals surface area (Å²) in [6.45, 7) is 0.242. The number of nitrogen functional groups attached to an aromatic ring is 1. The van der Waals surface area contributed by atoms with E-state index in [0.717, 1.165) is 5.69 Å². The second-order valence-electron chi connectivity index (χ2n) is 6.80. The quantitative estimate of drug-likeness (QED) is 0.300. The summed E-state index contributed by atoms with van der Waals surface area (Å²) in [4.78, 5) is 14.8. The van der Waals surface area contributed by atoms with Crippen LogP contribution >= 0.6 is 23.2 Å². The number of hydrogen-bond donors (Lipinski definition) is 2. The van der Waals surface area contributed by atoms with Crippen LogP contribution in [0.25, 0.3) is 5.82 Å². The molecule has 4 rings (SSSR count). The third-order valence-corrected chi connectivity index (χ3v) is 5.28. The van der Waals surface area contributed by atoms with Crippen molar-refractivity contribution in [3.05, 3.63) is 75.5 Å². The van der Waals surface area contributed by atoms with Gasteiger partial charge in [0.15, 0.2) is 5.69 Å². The van der Waals surface area contributed by atoms with Crippen molar-refractivity contribution in [1.82, 2.24) is 30.7 Å². The SMILES string of the molecule is CN(Cc1c(C(=O)N/N=C/c2c(Cl)cccc2Cl)nnn1-c1nonc1N)c1ccccc1. The topological polar surface area (TPSA) is 140 Å². The van der Waals surface area contributed by atoms with Crippen LogP contribution in [0.2, 0.25) is 10.0 Å². The number of nitrogens with two attached hydrogens (primary N) is 1. The maximum atomic E-state index is 12.9. The average Bonchev–Trinajstić information content (AvgIpc) is 3.42. The summed E-state index contributed by atoms with van der Waals surface area (Å²) in [7, 11) is 1.86. The molecule has 3 N–H and O–H groups in total. The van der Waals surface area contributed by atoms with Crippen LogP contribution < -0.4 is 16.1 Å². The number of anilines is 2. The van der Waals surface area contributed by atoms with E-state index in [1.165, 1.54) is 10.9 Å². The molecule has 0 unspecified atom stereocenters. The minimum atomic E-state index is -0.604. The summed E-state index contributed by atoms with van der Waals surface area (Å²) in [5, 5.41) is 20.1. The molecule has 33 heavy (non-hydrogen) atoms. The fraction of sp³-hybridized carbons (Fsp3) is 0.100. The van der Waals surface area contributed by atoms with Gasteiger partial charge in [0.2, 0.25) is 11.6 Å². The largest absolute Gasteiger partial charge is 0.378 e. The van der Waals surface area contributed by atoms with Crippen LogP contribution in [0.5, 0.6) is 0 Å². The zero-order chi connectivity index (χ0) is 23.4. The molecule has 0 saturated heterocycles. The smallest absolute Gasteiger partial charge is 0.293 e. The lowest BCUT2D eigenvalue weighted by Gasteiger charge is -2.19. The maximum absolute atomic E-state index is 12.9. The van der Waals surface area contributed by atoms with Crippen molar-refractivity contribution in [2.24, 2.45) is 5.10 Å². The fourth-order valence-electron chi connectivity index (χ4n) is 2.97. The monoisotopic (exact) mass is 485 g/mol. The van der Waals surface area contributed by atoms with E-state index in [4.69, 9.17) is 28.9 Å². The molecule has 168 valence electrons. The number of halogens is 2. The second kappa shape index (κ2) is 9.67. The molecule has 0 saturated carbocycles. The molecule has 2 aromatic carbocycles. The zero-order valence-electron chi connectivity index (χ0n) is 17.2. The molecule has 2 heterocycles. The highest BCUT2D eigenvalue weighted by Gasteiger charge is 2.25. The highest BCUT2D eigenvalue weighted by molar-refractivity contribution is 6.38. The van der Waals surface area contributed by atoms with Gasteiger partial charge in [0.25, 0.3) is 5.91 Å². The molecule has 0 aliphatic heterocycles. The number of aromatic nitrogens is 5. The van der Waals surface area contributed by atoms with E-state index in [0.29, 0.717) is 21.3 Å². The summed E-state index contributed by atoms with van der Waals surface area (Å²) in [6, 6.07) is 14.6. The van der Waals surface area contributed by atoms with E-state index in [-0.39, 0.29) is 23.9 Å². The number of nitrogens with zero attached hydrogens (tertiary/aromatic N) is 7. The number of benzene rings is 2. The van der Waals surface area contributed by atoms with E-state index in [1.807, 2.05) is 42.3 Å². The first-order valence-electron chi connectivity index (χ1n) is 9.52. The number of para-hydroxylation sites is 1. The Morgan fingerprint density at radius 1 is 1.18 bits per heavy atom. The first-order chi connectivity index (χ1) is 16.0. The van der Waals surface area contributed by atoms with E-state index >= 15 is 0 Å². The van der Waals surface area contributed by atoms with Crippen molar-refractivity contribution in [1.29, 1.82) is 0 Å². The van der Waals surface area contributed by atoms with Gasteiger partial charge in [-0.15, -0.1) is 5.10 Å². The van der Waals surface area contributed by atoms with Gasteiger partial charge in [0, 0.05) is 18.3 Å². The molecule has 0 aliphatic rings. The molecular formula is C20H17Cl2N9O2. The highest BCUT2D eigenvalue weighted by atomic mass is 35.5. The van der Waals surface area contributed by atoms with Gasteiger partial charge in [-0.1, -0.05) is 52.7 Å². The number of nitrogens with one attached hydrogen (secondary N) is 1. The van der Waals surface area contributed by atoms with Gasteiger partial charge in [-0.05, 0) is 34.6 Å². The number of amides is 1. The van der Waals surface area contributed by atoms with E-state index in [1.54, 1.807) is 18.2 Å². The van der Waals surface area contributed by atoms with Crippen LogP contribution in [0.3, 0.4) is 0 Å². The summed E-state index contributed by atoms with van der Waals surface area (Å²) in [5.41, 5.74) is 10.0. The Balaban J connectivity index is 1.63. The number of hydrazone groups is 1. The van der Waals surface area contributed by atoms with Crippen molar-refractivity contribution < 1.29 is 9.42 Å². The predicted octanol–water partition coefficient (Wildman–Crippen LogP) is 2.94. The van der Waals surface area contributed by atoms with Crippen molar-refractivity contribution in [3.63, 3.8) is 0 Å². The third kappa shape index (κ3) is 4.78. The van der Waals surface area contributed by atoms with Gasteiger partial charge >= 0.3 is 0 Å². The molecule has 0 fully saturated rings. The molecule has 1 amide bonds. The van der Waals surface area contributed by atoms with Crippen molar-refractivity contribution in [2.75, 3.05) is 17.7 Å². The van der Waals surface area contributed by atoms with Crippen LogP contribution in [0.15, 0.2) is 58.3 Å². The highest BCUT2D eigenvalue weighted by Crippen LogP contribution is 2.22. The minimum Gasteiger partial charge on any atom is -0.378 e. The zero-order valence-corrected chi connectivity index (χ0v) is 18.7. The van der Waals surface area contributed by atoms with Crippen LogP contribution in [-0.4, -0.2) is 44.5 Å².